The lowest BCUT2D eigenvalue weighted by molar-refractivity contribution is -0.143. The molecule has 2 heterocycles. The number of thiophene rings is 1. The highest BCUT2D eigenvalue weighted by molar-refractivity contribution is 7.14. The first kappa shape index (κ1) is 37.8. The van der Waals surface area contributed by atoms with Crippen molar-refractivity contribution < 1.29 is 45.8 Å². The van der Waals surface area contributed by atoms with E-state index < -0.39 is 53.3 Å². The van der Waals surface area contributed by atoms with Gasteiger partial charge < -0.3 is 15.7 Å². The highest BCUT2D eigenvalue weighted by Gasteiger charge is 2.36. The summed E-state index contributed by atoms with van der Waals surface area (Å²) < 4.78 is 79.1. The highest BCUT2D eigenvalue weighted by Crippen LogP contribution is 2.37. The van der Waals surface area contributed by atoms with E-state index in [1.54, 1.807) is 30.3 Å². The molecule has 4 rings (SSSR count). The Morgan fingerprint density at radius 1 is 0.820 bits per heavy atom. The lowest BCUT2D eigenvalue weighted by Gasteiger charge is -2.20. The molecule has 0 aliphatic carbocycles. The van der Waals surface area contributed by atoms with Crippen molar-refractivity contribution in [3.8, 4) is 11.4 Å². The molecule has 0 saturated heterocycles. The minimum atomic E-state index is -4.97. The molecule has 0 fully saturated rings. The predicted molar refractivity (Wildman–Crippen MR) is 176 cm³/mol. The molecule has 0 bridgehead atoms. The number of halogens is 6. The molecule has 264 valence electrons. The summed E-state index contributed by atoms with van der Waals surface area (Å²) in [6, 6.07) is 9.15. The number of benzene rings is 2. The number of hydrogen-bond donors (Lipinski definition) is 3. The zero-order chi connectivity index (χ0) is 37.0. The fourth-order valence-electron chi connectivity index (χ4n) is 4.54. The lowest BCUT2D eigenvalue weighted by Crippen LogP contribution is -2.51. The van der Waals surface area contributed by atoms with E-state index >= 15 is 0 Å². The molecule has 2 aromatic carbocycles. The summed E-state index contributed by atoms with van der Waals surface area (Å²) >= 11 is 1.29. The van der Waals surface area contributed by atoms with E-state index in [2.05, 4.69) is 20.6 Å². The van der Waals surface area contributed by atoms with Crippen LogP contribution in [0.15, 0.2) is 67.0 Å². The predicted octanol–water partition coefficient (Wildman–Crippen LogP) is 7.64. The first-order chi connectivity index (χ1) is 23.2. The van der Waals surface area contributed by atoms with E-state index in [9.17, 15) is 45.8 Å². The van der Waals surface area contributed by atoms with E-state index in [0.29, 0.717) is 33.7 Å². The molecule has 50 heavy (non-hydrogen) atoms. The Morgan fingerprint density at radius 3 is 1.88 bits per heavy atom. The minimum Gasteiger partial charge on any atom is -0.480 e. The number of nitrogens with one attached hydrogen (secondary N) is 2. The molecule has 2 amide bonds. The van der Waals surface area contributed by atoms with Gasteiger partial charge in [0.2, 0.25) is 5.91 Å². The van der Waals surface area contributed by atoms with Crippen LogP contribution < -0.4 is 10.6 Å². The molecule has 2 atom stereocenters. The third kappa shape index (κ3) is 10.00. The average molecular weight is 719 g/mol. The zero-order valence-electron chi connectivity index (χ0n) is 27.1. The number of rotatable bonds is 10. The second-order valence-electron chi connectivity index (χ2n) is 12.4. The number of carboxylic acid groups (broad SMARTS) is 1. The molecular weight excluding hydrogens is 686 g/mol. The van der Waals surface area contributed by atoms with Crippen LogP contribution in [0.1, 0.15) is 70.1 Å². The quantitative estimate of drug-likeness (QED) is 0.145. The molecule has 0 aliphatic heterocycles. The molecule has 0 aliphatic rings. The molecule has 2 aromatic heterocycles. The van der Waals surface area contributed by atoms with Crippen LogP contribution in [0.25, 0.3) is 23.5 Å². The second kappa shape index (κ2) is 14.8. The Morgan fingerprint density at radius 2 is 1.38 bits per heavy atom. The van der Waals surface area contributed by atoms with Crippen molar-refractivity contribution in [2.75, 3.05) is 0 Å². The van der Waals surface area contributed by atoms with E-state index in [0.717, 1.165) is 11.0 Å². The fraction of sp³-hybridized carbons (Fsp3) is 0.286. The third-order valence-electron chi connectivity index (χ3n) is 7.32. The van der Waals surface area contributed by atoms with Gasteiger partial charge in [-0.25, -0.2) is 9.97 Å². The minimum absolute atomic E-state index is 0.0257. The summed E-state index contributed by atoms with van der Waals surface area (Å²) in [5.41, 5.74) is -1.86. The van der Waals surface area contributed by atoms with Gasteiger partial charge in [0, 0.05) is 34.8 Å². The van der Waals surface area contributed by atoms with Crippen molar-refractivity contribution in [1.82, 2.24) is 20.6 Å². The largest absolute Gasteiger partial charge is 0.480 e. The van der Waals surface area contributed by atoms with Crippen LogP contribution in [0.5, 0.6) is 0 Å². The van der Waals surface area contributed by atoms with Gasteiger partial charge in [-0.05, 0) is 53.8 Å². The van der Waals surface area contributed by atoms with E-state index in [1.807, 2.05) is 26.8 Å². The average Bonchev–Trinajstić information content (AvgIpc) is 3.55. The molecule has 0 unspecified atom stereocenters. The fourth-order valence-corrected chi connectivity index (χ4v) is 5.51. The van der Waals surface area contributed by atoms with Crippen LogP contribution in [0.2, 0.25) is 0 Å². The summed E-state index contributed by atoms with van der Waals surface area (Å²) in [6.45, 7) is 7.33. The Hall–Kier alpha value is -5.05. The van der Waals surface area contributed by atoms with Crippen LogP contribution in [0.3, 0.4) is 0 Å². The number of carbonyl (C=O) groups excluding carboxylic acids is 2. The standard InChI is InChI=1S/C35H32F6N4O4S/c1-19(32(48)49)44-30(46)26(45-31(47)27-11-12-28(50-27)33(2,3)4)15-20-7-9-23(10-8-20)29-42-17-22(18-43-29)6-5-21-13-24(34(36,37)38)16-25(14-21)35(39,40)41/h5-14,16-19,26H,15H2,1-4H3,(H,44,46)(H,45,47)(H,48,49)/b6-5+/t19-,26+/m1/s1. The maximum absolute atomic E-state index is 13.2. The van der Waals surface area contributed by atoms with Crippen molar-refractivity contribution in [1.29, 1.82) is 0 Å². The Kier molecular flexibility index (Phi) is 11.2. The topological polar surface area (TPSA) is 121 Å². The van der Waals surface area contributed by atoms with Crippen LogP contribution in [-0.2, 0) is 33.8 Å². The Labute approximate surface area is 287 Å². The number of alkyl halides is 6. The van der Waals surface area contributed by atoms with Crippen LogP contribution in [0.4, 0.5) is 26.3 Å². The van der Waals surface area contributed by atoms with Gasteiger partial charge in [-0.1, -0.05) is 57.2 Å². The molecule has 15 heteroatoms. The van der Waals surface area contributed by atoms with Gasteiger partial charge >= 0.3 is 18.3 Å². The number of aromatic nitrogens is 2. The van der Waals surface area contributed by atoms with Crippen molar-refractivity contribution in [2.24, 2.45) is 0 Å². The second-order valence-corrected chi connectivity index (χ2v) is 13.5. The van der Waals surface area contributed by atoms with Gasteiger partial charge in [-0.15, -0.1) is 11.3 Å². The Balaban J connectivity index is 1.49. The number of amides is 2. The summed E-state index contributed by atoms with van der Waals surface area (Å²) in [5.74, 6) is -2.15. The number of aliphatic carboxylic acids is 1. The molecule has 0 radical (unpaired) electrons. The van der Waals surface area contributed by atoms with E-state index in [4.69, 9.17) is 0 Å². The van der Waals surface area contributed by atoms with Gasteiger partial charge in [0.15, 0.2) is 5.82 Å². The van der Waals surface area contributed by atoms with Crippen LogP contribution in [-0.4, -0.2) is 44.9 Å². The van der Waals surface area contributed by atoms with Gasteiger partial charge in [0.1, 0.15) is 12.1 Å². The first-order valence-corrected chi connectivity index (χ1v) is 15.9. The molecular formula is C35H32F6N4O4S. The van der Waals surface area contributed by atoms with Crippen molar-refractivity contribution in [3.05, 3.63) is 105 Å². The van der Waals surface area contributed by atoms with Crippen molar-refractivity contribution in [2.45, 2.75) is 64.0 Å². The number of carboxylic acids is 1. The van der Waals surface area contributed by atoms with E-state index in [1.165, 1.54) is 36.7 Å². The van der Waals surface area contributed by atoms with Gasteiger partial charge in [-0.3, -0.25) is 14.4 Å². The van der Waals surface area contributed by atoms with E-state index in [-0.39, 0.29) is 29.3 Å². The lowest BCUT2D eigenvalue weighted by atomic mass is 9.95. The molecule has 0 spiro atoms. The smallest absolute Gasteiger partial charge is 0.416 e. The Bertz CT molecular complexity index is 1850. The van der Waals surface area contributed by atoms with Crippen molar-refractivity contribution in [3.63, 3.8) is 0 Å². The molecule has 4 aromatic rings. The summed E-state index contributed by atoms with van der Waals surface area (Å²) in [7, 11) is 0. The van der Waals surface area contributed by atoms with Crippen LogP contribution in [0, 0.1) is 0 Å². The summed E-state index contributed by atoms with van der Waals surface area (Å²) in [5, 5.41) is 14.4. The number of carbonyl (C=O) groups is 3. The number of hydrogen-bond acceptors (Lipinski definition) is 6. The van der Waals surface area contributed by atoms with Gasteiger partial charge in [0.05, 0.1) is 16.0 Å². The molecule has 3 N–H and O–H groups in total. The zero-order valence-corrected chi connectivity index (χ0v) is 27.9. The molecule has 0 saturated carbocycles. The maximum atomic E-state index is 13.2. The van der Waals surface area contributed by atoms with Gasteiger partial charge in [0.25, 0.3) is 5.91 Å². The monoisotopic (exact) mass is 718 g/mol. The van der Waals surface area contributed by atoms with Gasteiger partial charge in [-0.2, -0.15) is 26.3 Å². The SMILES string of the molecule is C[C@@H](NC(=O)[C@H](Cc1ccc(-c2ncc(/C=C/c3cc(C(F)(F)F)cc(C(F)(F)F)c3)cn2)cc1)NC(=O)c1ccc(C(C)(C)C)s1)C(=O)O. The third-order valence-corrected chi connectivity index (χ3v) is 8.83. The molecule has 8 nitrogen and oxygen atoms in total. The summed E-state index contributed by atoms with van der Waals surface area (Å²) in [4.78, 5) is 47.4. The first-order valence-electron chi connectivity index (χ1n) is 15.0. The van der Waals surface area contributed by atoms with Crippen LogP contribution >= 0.6 is 11.3 Å². The number of nitrogens with zero attached hydrogens (tertiary/aromatic N) is 2. The highest BCUT2D eigenvalue weighted by atomic mass is 32.1. The maximum Gasteiger partial charge on any atom is 0.416 e. The normalized spacial score (nSPS) is 13.6. The summed E-state index contributed by atoms with van der Waals surface area (Å²) in [6.07, 6.45) is -4.83. The van der Waals surface area contributed by atoms with Crippen molar-refractivity contribution >= 4 is 41.3 Å².